The zero-order chi connectivity index (χ0) is 19.8. The van der Waals surface area contributed by atoms with Crippen LogP contribution >= 0.6 is 0 Å². The van der Waals surface area contributed by atoms with Crippen LogP contribution in [0.3, 0.4) is 0 Å². The van der Waals surface area contributed by atoms with Gasteiger partial charge in [0.1, 0.15) is 38.7 Å². The molecule has 0 amide bonds. The van der Waals surface area contributed by atoms with E-state index in [1.807, 2.05) is 0 Å². The first kappa shape index (κ1) is 22.7. The van der Waals surface area contributed by atoms with Gasteiger partial charge in [0, 0.05) is 12.8 Å². The Morgan fingerprint density at radius 3 is 1.15 bits per heavy atom. The average molecular weight is 429 g/mol. The molecular weight excluding hydrogens is 385 g/mol. The summed E-state index contributed by atoms with van der Waals surface area (Å²) in [6, 6.07) is 5.87. The van der Waals surface area contributed by atoms with Crippen LogP contribution in [0.1, 0.15) is 25.7 Å². The Kier molecular flexibility index (Phi) is 7.05. The third-order valence-electron chi connectivity index (χ3n) is 7.29. The predicted molar refractivity (Wildman–Crippen MR) is 126 cm³/mol. The van der Waals surface area contributed by atoms with Gasteiger partial charge in [0.2, 0.25) is 0 Å². The smallest absolute Gasteiger partial charge is 0.133 e. The molecule has 0 radical (unpaired) electrons. The molecule has 2 saturated heterocycles. The minimum absolute atomic E-state index is 0.515. The van der Waals surface area contributed by atoms with Gasteiger partial charge in [-0.05, 0) is 50.1 Å². The first-order chi connectivity index (χ1) is 11.8. The van der Waals surface area contributed by atoms with Crippen molar-refractivity contribution in [1.29, 1.82) is 0 Å². The lowest BCUT2D eigenvalue weighted by Gasteiger charge is -2.39. The highest BCUT2D eigenvalue weighted by molar-refractivity contribution is 6.95. The van der Waals surface area contributed by atoms with Crippen molar-refractivity contribution in [1.82, 2.24) is 8.46 Å². The van der Waals surface area contributed by atoms with Crippen LogP contribution in [0.15, 0.2) is 0 Å². The van der Waals surface area contributed by atoms with E-state index in [4.69, 9.17) is 0 Å². The number of hydrogen-bond donors (Lipinski definition) is 0. The average Bonchev–Trinajstić information content (AvgIpc) is 2.84. The van der Waals surface area contributed by atoms with Gasteiger partial charge in [0.05, 0.1) is 0 Å². The van der Waals surface area contributed by atoms with Crippen molar-refractivity contribution < 1.29 is 4.79 Å². The van der Waals surface area contributed by atoms with E-state index < -0.39 is 32.9 Å². The minimum Gasteiger partial charge on any atom is -0.345 e. The van der Waals surface area contributed by atoms with E-state index in [1.54, 1.807) is 0 Å². The normalized spacial score (nSPS) is 27.1. The van der Waals surface area contributed by atoms with Gasteiger partial charge in [0.15, 0.2) is 0 Å². The van der Waals surface area contributed by atoms with Crippen LogP contribution in [-0.2, 0) is 4.79 Å². The summed E-state index contributed by atoms with van der Waals surface area (Å²) in [5, 5.41) is 0. The quantitative estimate of drug-likeness (QED) is 0.472. The molecule has 0 aromatic carbocycles. The molecule has 2 heterocycles. The molecule has 2 rings (SSSR count). The summed E-state index contributed by atoms with van der Waals surface area (Å²) >= 11 is 0. The highest BCUT2D eigenvalue weighted by Crippen LogP contribution is 2.38. The van der Waals surface area contributed by atoms with Gasteiger partial charge >= 0.3 is 0 Å². The lowest BCUT2D eigenvalue weighted by Crippen LogP contribution is -2.55. The summed E-state index contributed by atoms with van der Waals surface area (Å²) in [5.41, 5.74) is 0. The van der Waals surface area contributed by atoms with Crippen molar-refractivity contribution in [3.8, 4) is 0 Å². The van der Waals surface area contributed by atoms with Crippen LogP contribution in [0.2, 0.25) is 76.6 Å². The third kappa shape index (κ3) is 5.29. The molecule has 0 aliphatic carbocycles. The Bertz CT molecular complexity index is 444. The molecule has 2 aliphatic rings. The number of ketones is 1. The van der Waals surface area contributed by atoms with E-state index in [9.17, 15) is 4.79 Å². The second-order valence-electron chi connectivity index (χ2n) is 11.3. The first-order valence-corrected chi connectivity index (χ1v) is 23.5. The van der Waals surface area contributed by atoms with E-state index in [-0.39, 0.29) is 0 Å². The second kappa shape index (κ2) is 8.06. The Balaban J connectivity index is 1.71. The molecule has 0 saturated carbocycles. The summed E-state index contributed by atoms with van der Waals surface area (Å²) in [4.78, 5) is 12.4. The molecule has 26 heavy (non-hydrogen) atoms. The molecule has 3 nitrogen and oxygen atoms in total. The summed E-state index contributed by atoms with van der Waals surface area (Å²) in [7, 11) is -4.66. The first-order valence-electron chi connectivity index (χ1n) is 10.9. The monoisotopic (exact) mass is 428 g/mol. The van der Waals surface area contributed by atoms with Crippen molar-refractivity contribution in [2.24, 2.45) is 0 Å². The molecule has 0 spiro atoms. The van der Waals surface area contributed by atoms with Crippen molar-refractivity contribution >= 4 is 38.7 Å². The van der Waals surface area contributed by atoms with Gasteiger partial charge in [0.25, 0.3) is 0 Å². The topological polar surface area (TPSA) is 23.6 Å². The van der Waals surface area contributed by atoms with Crippen molar-refractivity contribution in [3.63, 3.8) is 0 Å². The van der Waals surface area contributed by atoms with Crippen molar-refractivity contribution in [2.45, 2.75) is 102 Å². The van der Waals surface area contributed by atoms with Gasteiger partial charge in [-0.25, -0.2) is 0 Å². The molecule has 7 heteroatoms. The fourth-order valence-corrected chi connectivity index (χ4v) is 34.0. The van der Waals surface area contributed by atoms with Crippen LogP contribution in [-0.4, -0.2) is 60.3 Å². The summed E-state index contributed by atoms with van der Waals surface area (Å²) in [6.07, 6.45) is 3.81. The molecule has 2 fully saturated rings. The summed E-state index contributed by atoms with van der Waals surface area (Å²) in [6.45, 7) is 22.6. The minimum atomic E-state index is -1.17. The summed E-state index contributed by atoms with van der Waals surface area (Å²) in [5.74, 6) is 0.515. The standard InChI is InChI=1S/C19H44N2OSi4/c1-23(2)15-16-24(3,4)20(23)13-9-11-19(22)12-10-14-21-25(5,6)17-18-26(21,7)8/h9-18H2,1-8H3. The van der Waals surface area contributed by atoms with Gasteiger partial charge in [-0.3, -0.25) is 4.79 Å². The van der Waals surface area contributed by atoms with E-state index in [2.05, 4.69) is 60.8 Å². The molecule has 0 N–H and O–H groups in total. The van der Waals surface area contributed by atoms with Gasteiger partial charge in [-0.15, -0.1) is 0 Å². The zero-order valence-corrected chi connectivity index (χ0v) is 22.9. The van der Waals surface area contributed by atoms with Crippen LogP contribution in [0.25, 0.3) is 0 Å². The molecule has 0 atom stereocenters. The lowest BCUT2D eigenvalue weighted by molar-refractivity contribution is -0.119. The Labute approximate surface area is 167 Å². The van der Waals surface area contributed by atoms with Gasteiger partial charge < -0.3 is 8.46 Å². The maximum Gasteiger partial charge on any atom is 0.133 e. The van der Waals surface area contributed by atoms with Crippen molar-refractivity contribution in [2.75, 3.05) is 13.1 Å². The van der Waals surface area contributed by atoms with Crippen LogP contribution in [0.4, 0.5) is 0 Å². The van der Waals surface area contributed by atoms with E-state index in [0.29, 0.717) is 5.78 Å². The molecule has 0 unspecified atom stereocenters. The highest BCUT2D eigenvalue weighted by atomic mass is 28.4. The number of nitrogens with zero attached hydrogens (tertiary/aromatic N) is 2. The molecule has 0 aromatic rings. The van der Waals surface area contributed by atoms with E-state index >= 15 is 0 Å². The van der Waals surface area contributed by atoms with Gasteiger partial charge in [-0.1, -0.05) is 52.4 Å². The molecular formula is C19H44N2OSi4. The number of carbonyl (C=O) groups is 1. The van der Waals surface area contributed by atoms with E-state index in [1.165, 1.54) is 37.3 Å². The number of carbonyl (C=O) groups excluding carboxylic acids is 1. The predicted octanol–water partition coefficient (Wildman–Crippen LogP) is 5.57. The SMILES string of the molecule is C[Si]1(C)CC[Si](C)(C)N1CCCC(=O)CCCN1[Si](C)(C)CC[Si]1(C)C. The molecule has 0 aromatic heterocycles. The molecule has 152 valence electrons. The Morgan fingerprint density at radius 2 is 0.885 bits per heavy atom. The van der Waals surface area contributed by atoms with Crippen LogP contribution < -0.4 is 0 Å². The Morgan fingerprint density at radius 1 is 0.615 bits per heavy atom. The van der Waals surface area contributed by atoms with Crippen LogP contribution in [0, 0.1) is 0 Å². The fourth-order valence-electron chi connectivity index (χ4n) is 5.61. The molecule has 0 bridgehead atoms. The van der Waals surface area contributed by atoms with E-state index in [0.717, 1.165) is 25.7 Å². The summed E-state index contributed by atoms with van der Waals surface area (Å²) < 4.78 is 5.83. The van der Waals surface area contributed by atoms with Crippen molar-refractivity contribution in [3.05, 3.63) is 0 Å². The number of hydrogen-bond acceptors (Lipinski definition) is 3. The number of Topliss-reactive ketones (excluding diaryl/α,β-unsaturated/α-hetero) is 1. The lowest BCUT2D eigenvalue weighted by atomic mass is 10.1. The fraction of sp³-hybridized carbons (Fsp3) is 0.947. The number of rotatable bonds is 8. The maximum atomic E-state index is 12.4. The second-order valence-corrected chi connectivity index (χ2v) is 30.9. The van der Waals surface area contributed by atoms with Gasteiger partial charge in [-0.2, -0.15) is 0 Å². The third-order valence-corrected chi connectivity index (χ3v) is 28.2. The van der Waals surface area contributed by atoms with Crippen LogP contribution in [0.5, 0.6) is 0 Å². The Hall–Kier alpha value is 0.458. The highest BCUT2D eigenvalue weighted by Gasteiger charge is 2.47. The maximum absolute atomic E-state index is 12.4. The largest absolute Gasteiger partial charge is 0.345 e. The zero-order valence-electron chi connectivity index (χ0n) is 18.9. The molecule has 2 aliphatic heterocycles.